The van der Waals surface area contributed by atoms with Gasteiger partial charge >= 0.3 is 0 Å². The molecular formula is C16H22N2O. The number of nitrogens with two attached hydrogens (primary N) is 1. The van der Waals surface area contributed by atoms with Crippen LogP contribution in [0, 0.1) is 11.8 Å². The van der Waals surface area contributed by atoms with Crippen molar-refractivity contribution in [3.05, 3.63) is 35.4 Å². The molecule has 1 aromatic rings. The average molecular weight is 258 g/mol. The van der Waals surface area contributed by atoms with Gasteiger partial charge in [0.05, 0.1) is 0 Å². The number of amides is 1. The molecule has 3 N–H and O–H groups in total. The monoisotopic (exact) mass is 258 g/mol. The van der Waals surface area contributed by atoms with E-state index in [4.69, 9.17) is 5.73 Å². The largest absolute Gasteiger partial charge is 0.349 e. The Morgan fingerprint density at radius 1 is 1.21 bits per heavy atom. The number of benzene rings is 1. The van der Waals surface area contributed by atoms with Crippen LogP contribution in [0.1, 0.15) is 41.6 Å². The fraction of sp³-hybridized carbons (Fsp3) is 0.562. The summed E-state index contributed by atoms with van der Waals surface area (Å²) in [5, 5.41) is 3.28. The minimum atomic E-state index is 0.0906. The van der Waals surface area contributed by atoms with Gasteiger partial charge in [-0.15, -0.1) is 0 Å². The molecule has 0 bridgehead atoms. The Morgan fingerprint density at radius 3 is 2.42 bits per heavy atom. The van der Waals surface area contributed by atoms with Crippen LogP contribution < -0.4 is 11.1 Å². The molecule has 0 spiro atoms. The lowest BCUT2D eigenvalue weighted by Gasteiger charge is -2.18. The second kappa shape index (κ2) is 5.33. The number of hydrogen-bond donors (Lipinski definition) is 2. The van der Waals surface area contributed by atoms with E-state index in [0.717, 1.165) is 29.4 Å². The van der Waals surface area contributed by atoms with Crippen molar-refractivity contribution in [3.8, 4) is 0 Å². The second-order valence-corrected chi connectivity index (χ2v) is 5.87. The molecule has 0 heterocycles. The SMILES string of the molecule is NCCc1ccccc1C(=O)NC(C1CC1)C1CC1. The summed E-state index contributed by atoms with van der Waals surface area (Å²) >= 11 is 0. The molecule has 2 saturated carbocycles. The van der Waals surface area contributed by atoms with Crippen molar-refractivity contribution in [3.63, 3.8) is 0 Å². The molecule has 19 heavy (non-hydrogen) atoms. The van der Waals surface area contributed by atoms with Gasteiger partial charge in [-0.3, -0.25) is 4.79 Å². The fourth-order valence-corrected chi connectivity index (χ4v) is 2.88. The van der Waals surface area contributed by atoms with Crippen LogP contribution in [0.4, 0.5) is 0 Å². The summed E-state index contributed by atoms with van der Waals surface area (Å²) in [6.07, 6.45) is 5.90. The van der Waals surface area contributed by atoms with Crippen LogP contribution in [0.25, 0.3) is 0 Å². The number of rotatable bonds is 6. The maximum Gasteiger partial charge on any atom is 0.251 e. The summed E-state index contributed by atoms with van der Waals surface area (Å²) in [5.41, 5.74) is 7.48. The van der Waals surface area contributed by atoms with E-state index < -0.39 is 0 Å². The molecule has 2 fully saturated rings. The van der Waals surface area contributed by atoms with Gasteiger partial charge < -0.3 is 11.1 Å². The molecule has 3 nitrogen and oxygen atoms in total. The van der Waals surface area contributed by atoms with E-state index in [-0.39, 0.29) is 5.91 Å². The van der Waals surface area contributed by atoms with Crippen LogP contribution in [0.2, 0.25) is 0 Å². The molecule has 3 rings (SSSR count). The highest BCUT2D eigenvalue weighted by molar-refractivity contribution is 5.96. The van der Waals surface area contributed by atoms with E-state index in [2.05, 4.69) is 5.32 Å². The van der Waals surface area contributed by atoms with E-state index in [9.17, 15) is 4.79 Å². The van der Waals surface area contributed by atoms with Gasteiger partial charge in [-0.2, -0.15) is 0 Å². The van der Waals surface area contributed by atoms with Gasteiger partial charge in [0.2, 0.25) is 0 Å². The highest BCUT2D eigenvalue weighted by atomic mass is 16.1. The topological polar surface area (TPSA) is 55.1 Å². The predicted molar refractivity (Wildman–Crippen MR) is 75.9 cm³/mol. The van der Waals surface area contributed by atoms with Gasteiger partial charge in [0.25, 0.3) is 5.91 Å². The van der Waals surface area contributed by atoms with Gasteiger partial charge in [-0.05, 0) is 62.1 Å². The molecular weight excluding hydrogens is 236 g/mol. The minimum absolute atomic E-state index is 0.0906. The van der Waals surface area contributed by atoms with E-state index in [0.29, 0.717) is 12.6 Å². The van der Waals surface area contributed by atoms with Crippen LogP contribution in [-0.4, -0.2) is 18.5 Å². The van der Waals surface area contributed by atoms with Crippen molar-refractivity contribution in [2.75, 3.05) is 6.54 Å². The number of hydrogen-bond acceptors (Lipinski definition) is 2. The Labute approximate surface area is 114 Å². The number of nitrogens with one attached hydrogen (secondary N) is 1. The summed E-state index contributed by atoms with van der Waals surface area (Å²) in [6.45, 7) is 0.582. The predicted octanol–water partition coefficient (Wildman–Crippen LogP) is 2.11. The third-order valence-corrected chi connectivity index (χ3v) is 4.23. The Balaban J connectivity index is 1.72. The average Bonchev–Trinajstić information content (AvgIpc) is 3.30. The Hall–Kier alpha value is -1.35. The molecule has 1 aromatic carbocycles. The lowest BCUT2D eigenvalue weighted by atomic mass is 10.0. The van der Waals surface area contributed by atoms with Gasteiger partial charge in [0.1, 0.15) is 0 Å². The van der Waals surface area contributed by atoms with Crippen molar-refractivity contribution in [2.24, 2.45) is 17.6 Å². The van der Waals surface area contributed by atoms with E-state index >= 15 is 0 Å². The molecule has 102 valence electrons. The molecule has 0 radical (unpaired) electrons. The molecule has 3 heteroatoms. The summed E-state index contributed by atoms with van der Waals surface area (Å²) in [6, 6.07) is 8.24. The maximum atomic E-state index is 12.5. The van der Waals surface area contributed by atoms with Crippen molar-refractivity contribution in [1.29, 1.82) is 0 Å². The third kappa shape index (κ3) is 2.98. The summed E-state index contributed by atoms with van der Waals surface area (Å²) in [5.74, 6) is 1.56. The summed E-state index contributed by atoms with van der Waals surface area (Å²) < 4.78 is 0. The van der Waals surface area contributed by atoms with Gasteiger partial charge in [-0.25, -0.2) is 0 Å². The number of carbonyl (C=O) groups is 1. The van der Waals surface area contributed by atoms with Crippen LogP contribution in [0.15, 0.2) is 24.3 Å². The lowest BCUT2D eigenvalue weighted by molar-refractivity contribution is 0.0925. The molecule has 0 unspecified atom stereocenters. The molecule has 0 saturated heterocycles. The maximum absolute atomic E-state index is 12.5. The van der Waals surface area contributed by atoms with Crippen LogP contribution in [0.5, 0.6) is 0 Å². The Kier molecular flexibility index (Phi) is 3.56. The number of carbonyl (C=O) groups excluding carboxylic acids is 1. The third-order valence-electron chi connectivity index (χ3n) is 4.23. The lowest BCUT2D eigenvalue weighted by Crippen LogP contribution is -2.38. The quantitative estimate of drug-likeness (QED) is 0.821. The van der Waals surface area contributed by atoms with Crippen molar-refractivity contribution < 1.29 is 4.79 Å². The molecule has 2 aliphatic carbocycles. The van der Waals surface area contributed by atoms with Crippen molar-refractivity contribution >= 4 is 5.91 Å². The van der Waals surface area contributed by atoms with Crippen LogP contribution >= 0.6 is 0 Å². The Bertz CT molecular complexity index is 452. The van der Waals surface area contributed by atoms with Gasteiger partial charge in [0, 0.05) is 11.6 Å². The smallest absolute Gasteiger partial charge is 0.251 e. The fourth-order valence-electron chi connectivity index (χ4n) is 2.88. The van der Waals surface area contributed by atoms with Crippen LogP contribution in [0.3, 0.4) is 0 Å². The van der Waals surface area contributed by atoms with Gasteiger partial charge in [0.15, 0.2) is 0 Å². The zero-order chi connectivity index (χ0) is 13.2. The first-order chi connectivity index (χ1) is 9.29. The van der Waals surface area contributed by atoms with Crippen molar-refractivity contribution in [2.45, 2.75) is 38.1 Å². The molecule has 0 atom stereocenters. The second-order valence-electron chi connectivity index (χ2n) is 5.87. The van der Waals surface area contributed by atoms with E-state index in [1.165, 1.54) is 25.7 Å². The molecule has 1 amide bonds. The first-order valence-corrected chi connectivity index (χ1v) is 7.38. The molecule has 0 aromatic heterocycles. The van der Waals surface area contributed by atoms with E-state index in [1.54, 1.807) is 0 Å². The van der Waals surface area contributed by atoms with Gasteiger partial charge in [-0.1, -0.05) is 18.2 Å². The molecule has 0 aliphatic heterocycles. The molecule has 2 aliphatic rings. The first-order valence-electron chi connectivity index (χ1n) is 7.38. The standard InChI is InChI=1S/C16H22N2O/c17-10-9-11-3-1-2-4-14(11)16(19)18-15(12-5-6-12)13-7-8-13/h1-4,12-13,15H,5-10,17H2,(H,18,19). The zero-order valence-electron chi connectivity index (χ0n) is 11.3. The minimum Gasteiger partial charge on any atom is -0.349 e. The van der Waals surface area contributed by atoms with Crippen LogP contribution in [-0.2, 0) is 6.42 Å². The highest BCUT2D eigenvalue weighted by Crippen LogP contribution is 2.44. The Morgan fingerprint density at radius 2 is 1.84 bits per heavy atom. The normalized spacial score (nSPS) is 18.6. The summed E-state index contributed by atoms with van der Waals surface area (Å²) in [4.78, 5) is 12.5. The summed E-state index contributed by atoms with van der Waals surface area (Å²) in [7, 11) is 0. The first kappa shape index (κ1) is 12.7. The van der Waals surface area contributed by atoms with Crippen molar-refractivity contribution in [1.82, 2.24) is 5.32 Å². The van der Waals surface area contributed by atoms with E-state index in [1.807, 2.05) is 24.3 Å². The highest BCUT2D eigenvalue weighted by Gasteiger charge is 2.42. The zero-order valence-corrected chi connectivity index (χ0v) is 11.3.